The third kappa shape index (κ3) is 5.67. The van der Waals surface area contributed by atoms with Crippen LogP contribution in [0.25, 0.3) is 0 Å². The number of amides is 1. The Labute approximate surface area is 199 Å². The van der Waals surface area contributed by atoms with Gasteiger partial charge >= 0.3 is 18.2 Å². The largest absolute Gasteiger partial charge is 0.497 e. The van der Waals surface area contributed by atoms with Gasteiger partial charge in [0.15, 0.2) is 6.10 Å². The number of fused-ring (bicyclic) bond motifs is 1. The van der Waals surface area contributed by atoms with E-state index in [4.69, 9.17) is 14.2 Å². The van der Waals surface area contributed by atoms with Crippen LogP contribution in [0, 0.1) is 5.92 Å². The van der Waals surface area contributed by atoms with Crippen molar-refractivity contribution in [2.24, 2.45) is 5.92 Å². The van der Waals surface area contributed by atoms with Crippen molar-refractivity contribution in [3.05, 3.63) is 59.2 Å². The standard InChI is InChI=1S/C24H24F3NO7/c1-12(2)18(22(30)33-4)28-23(31)35-21-19(29)16-9-8-15(32-3)11-17(16)34-20(21)13-6-5-7-14(10-13)24(25,26)27/h5-12,18,20-21H,1-4H3,(H,28,31). The molecule has 0 aromatic heterocycles. The maximum Gasteiger partial charge on any atom is 0.416 e. The van der Waals surface area contributed by atoms with Gasteiger partial charge in [0.05, 0.1) is 25.3 Å². The van der Waals surface area contributed by atoms with E-state index in [9.17, 15) is 27.6 Å². The fourth-order valence-corrected chi connectivity index (χ4v) is 3.57. The summed E-state index contributed by atoms with van der Waals surface area (Å²) in [4.78, 5) is 37.9. The SMILES string of the molecule is COC(=O)C(NC(=O)OC1C(=O)c2ccc(OC)cc2OC1c1cccc(C(F)(F)F)c1)C(C)C. The molecule has 35 heavy (non-hydrogen) atoms. The quantitative estimate of drug-likeness (QED) is 0.596. The van der Waals surface area contributed by atoms with Gasteiger partial charge in [-0.1, -0.05) is 26.0 Å². The van der Waals surface area contributed by atoms with Crippen LogP contribution >= 0.6 is 0 Å². The molecule has 1 heterocycles. The molecule has 0 aliphatic carbocycles. The Morgan fingerprint density at radius 3 is 2.40 bits per heavy atom. The molecule has 2 aromatic carbocycles. The number of nitrogens with one attached hydrogen (secondary N) is 1. The number of hydrogen-bond acceptors (Lipinski definition) is 7. The predicted octanol–water partition coefficient (Wildman–Crippen LogP) is 4.32. The van der Waals surface area contributed by atoms with Crippen molar-refractivity contribution < 1.29 is 46.5 Å². The number of ether oxygens (including phenoxy) is 4. The van der Waals surface area contributed by atoms with Gasteiger partial charge in [0.25, 0.3) is 0 Å². The van der Waals surface area contributed by atoms with Gasteiger partial charge in [0.2, 0.25) is 11.9 Å². The van der Waals surface area contributed by atoms with Gasteiger partial charge in [-0.2, -0.15) is 13.2 Å². The van der Waals surface area contributed by atoms with E-state index in [1.807, 2.05) is 0 Å². The smallest absolute Gasteiger partial charge is 0.416 e. The van der Waals surface area contributed by atoms with Gasteiger partial charge in [-0.25, -0.2) is 9.59 Å². The van der Waals surface area contributed by atoms with Gasteiger partial charge in [-0.3, -0.25) is 4.79 Å². The summed E-state index contributed by atoms with van der Waals surface area (Å²) in [5.41, 5.74) is -0.940. The van der Waals surface area contributed by atoms with Crippen LogP contribution in [0.15, 0.2) is 42.5 Å². The molecule has 188 valence electrons. The normalized spacial score (nSPS) is 18.2. The van der Waals surface area contributed by atoms with E-state index in [2.05, 4.69) is 10.1 Å². The Balaban J connectivity index is 1.99. The van der Waals surface area contributed by atoms with Crippen LogP contribution in [0.3, 0.4) is 0 Å². The summed E-state index contributed by atoms with van der Waals surface area (Å²) >= 11 is 0. The zero-order valence-corrected chi connectivity index (χ0v) is 19.3. The molecule has 3 rings (SSSR count). The molecule has 1 amide bonds. The highest BCUT2D eigenvalue weighted by molar-refractivity contribution is 6.04. The molecule has 0 bridgehead atoms. The van der Waals surface area contributed by atoms with Crippen LogP contribution in [-0.4, -0.2) is 44.2 Å². The summed E-state index contributed by atoms with van der Waals surface area (Å²) in [6, 6.07) is 7.42. The Kier molecular flexibility index (Phi) is 7.57. The van der Waals surface area contributed by atoms with E-state index < -0.39 is 47.8 Å². The van der Waals surface area contributed by atoms with E-state index >= 15 is 0 Å². The summed E-state index contributed by atoms with van der Waals surface area (Å²) in [6.07, 6.45) is -8.81. The number of alkyl halides is 3. The Hall–Kier alpha value is -3.76. The van der Waals surface area contributed by atoms with Crippen molar-refractivity contribution in [1.82, 2.24) is 5.32 Å². The first-order chi connectivity index (χ1) is 16.5. The number of carbonyl (C=O) groups excluding carboxylic acids is 3. The predicted molar refractivity (Wildman–Crippen MR) is 116 cm³/mol. The number of benzene rings is 2. The zero-order valence-electron chi connectivity index (χ0n) is 19.3. The van der Waals surface area contributed by atoms with Crippen molar-refractivity contribution in [3.63, 3.8) is 0 Å². The lowest BCUT2D eigenvalue weighted by Crippen LogP contribution is -2.48. The monoisotopic (exact) mass is 495 g/mol. The minimum atomic E-state index is -4.64. The molecule has 0 saturated carbocycles. The summed E-state index contributed by atoms with van der Waals surface area (Å²) in [5.74, 6) is -1.37. The molecule has 0 radical (unpaired) electrons. The van der Waals surface area contributed by atoms with Gasteiger partial charge in [0.1, 0.15) is 17.5 Å². The molecule has 11 heteroatoms. The Bertz CT molecular complexity index is 1120. The molecule has 2 aromatic rings. The maximum atomic E-state index is 13.3. The average Bonchev–Trinajstić information content (AvgIpc) is 2.82. The summed E-state index contributed by atoms with van der Waals surface area (Å²) in [7, 11) is 2.55. The van der Waals surface area contributed by atoms with Crippen molar-refractivity contribution in [3.8, 4) is 11.5 Å². The van der Waals surface area contributed by atoms with Gasteiger partial charge < -0.3 is 24.3 Å². The Morgan fingerprint density at radius 2 is 1.80 bits per heavy atom. The number of alkyl carbamates (subject to hydrolysis) is 1. The first-order valence-electron chi connectivity index (χ1n) is 10.6. The number of halogens is 3. The first kappa shape index (κ1) is 25.9. The van der Waals surface area contributed by atoms with Gasteiger partial charge in [-0.05, 0) is 35.7 Å². The molecule has 0 fully saturated rings. The molecule has 3 atom stereocenters. The highest BCUT2D eigenvalue weighted by Crippen LogP contribution is 2.40. The van der Waals surface area contributed by atoms with Crippen molar-refractivity contribution in [2.45, 2.75) is 38.3 Å². The van der Waals surface area contributed by atoms with Gasteiger partial charge in [0, 0.05) is 6.07 Å². The lowest BCUT2D eigenvalue weighted by atomic mass is 9.92. The molecule has 0 spiro atoms. The highest BCUT2D eigenvalue weighted by atomic mass is 19.4. The molecule has 1 aliphatic rings. The summed E-state index contributed by atoms with van der Waals surface area (Å²) < 4.78 is 61.0. The molecule has 3 unspecified atom stereocenters. The van der Waals surface area contributed by atoms with Crippen molar-refractivity contribution in [1.29, 1.82) is 0 Å². The lowest BCUT2D eigenvalue weighted by molar-refractivity contribution is -0.144. The number of carbonyl (C=O) groups is 3. The minimum Gasteiger partial charge on any atom is -0.497 e. The van der Waals surface area contributed by atoms with E-state index in [0.29, 0.717) is 5.75 Å². The maximum absolute atomic E-state index is 13.3. The third-order valence-corrected chi connectivity index (χ3v) is 5.41. The van der Waals surface area contributed by atoms with Crippen LogP contribution in [0.2, 0.25) is 0 Å². The molecular formula is C24H24F3NO7. The lowest BCUT2D eigenvalue weighted by Gasteiger charge is -2.33. The van der Waals surface area contributed by atoms with Crippen LogP contribution in [0.4, 0.5) is 18.0 Å². The van der Waals surface area contributed by atoms with Crippen molar-refractivity contribution >= 4 is 17.8 Å². The zero-order chi connectivity index (χ0) is 25.9. The number of hydrogen-bond donors (Lipinski definition) is 1. The molecular weight excluding hydrogens is 471 g/mol. The van der Waals surface area contributed by atoms with E-state index in [1.165, 1.54) is 31.4 Å². The van der Waals surface area contributed by atoms with E-state index in [1.54, 1.807) is 13.8 Å². The molecule has 8 nitrogen and oxygen atoms in total. The fourth-order valence-electron chi connectivity index (χ4n) is 3.57. The number of methoxy groups -OCH3 is 2. The fraction of sp³-hybridized carbons (Fsp3) is 0.375. The summed E-state index contributed by atoms with van der Waals surface area (Å²) in [6.45, 7) is 3.32. The van der Waals surface area contributed by atoms with Crippen LogP contribution in [0.1, 0.15) is 41.4 Å². The summed E-state index contributed by atoms with van der Waals surface area (Å²) in [5, 5.41) is 2.34. The van der Waals surface area contributed by atoms with Gasteiger partial charge in [-0.15, -0.1) is 0 Å². The minimum absolute atomic E-state index is 0.0344. The second-order valence-corrected chi connectivity index (χ2v) is 8.10. The van der Waals surface area contributed by atoms with Crippen LogP contribution in [-0.2, 0) is 20.4 Å². The Morgan fingerprint density at radius 1 is 1.09 bits per heavy atom. The topological polar surface area (TPSA) is 100 Å². The average molecular weight is 495 g/mol. The molecule has 1 N–H and O–H groups in total. The highest BCUT2D eigenvalue weighted by Gasteiger charge is 2.43. The second-order valence-electron chi connectivity index (χ2n) is 8.10. The third-order valence-electron chi connectivity index (χ3n) is 5.41. The number of esters is 1. The molecule has 0 saturated heterocycles. The van der Waals surface area contributed by atoms with E-state index in [-0.39, 0.29) is 22.8 Å². The molecule has 1 aliphatic heterocycles. The number of rotatable bonds is 6. The first-order valence-corrected chi connectivity index (χ1v) is 10.6. The number of Topliss-reactive ketones (excluding diaryl/α,β-unsaturated/α-hetero) is 1. The van der Waals surface area contributed by atoms with E-state index in [0.717, 1.165) is 25.3 Å². The second kappa shape index (κ2) is 10.2. The van der Waals surface area contributed by atoms with Crippen molar-refractivity contribution in [2.75, 3.05) is 14.2 Å². The van der Waals surface area contributed by atoms with Crippen LogP contribution in [0.5, 0.6) is 11.5 Å². The van der Waals surface area contributed by atoms with Crippen LogP contribution < -0.4 is 14.8 Å². The number of ketones is 1.